The van der Waals surface area contributed by atoms with Crippen molar-refractivity contribution in [1.82, 2.24) is 20.9 Å². The Morgan fingerprint density at radius 1 is 0.792 bits per heavy atom. The molecule has 0 fully saturated rings. The van der Waals surface area contributed by atoms with Crippen LogP contribution < -0.4 is 21.3 Å². The van der Waals surface area contributed by atoms with Crippen molar-refractivity contribution in [3.63, 3.8) is 0 Å². The molecule has 3 amide bonds. The average molecular weight is 780 g/mol. The van der Waals surface area contributed by atoms with Crippen molar-refractivity contribution >= 4 is 62.8 Å². The molecule has 2 unspecified atom stereocenters. The zero-order valence-corrected chi connectivity index (χ0v) is 33.1. The van der Waals surface area contributed by atoms with E-state index in [4.69, 9.17) is 18.9 Å². The van der Waals surface area contributed by atoms with Crippen molar-refractivity contribution in [3.8, 4) is 0 Å². The Labute approximate surface area is 319 Å². The molecule has 2 heterocycles. The van der Waals surface area contributed by atoms with Crippen molar-refractivity contribution in [1.29, 1.82) is 0 Å². The van der Waals surface area contributed by atoms with E-state index in [0.717, 1.165) is 25.8 Å². The van der Waals surface area contributed by atoms with Crippen LogP contribution in [0.25, 0.3) is 10.2 Å². The molecule has 3 aromatic rings. The third kappa shape index (κ3) is 16.9. The molecule has 0 radical (unpaired) electrons. The Hall–Kier alpha value is -3.67. The number of hydrogen-bond donors (Lipinski definition) is 4. The molecular weight excluding hydrogens is 726 g/mol. The average Bonchev–Trinajstić information content (AvgIpc) is 3.73. The van der Waals surface area contributed by atoms with Gasteiger partial charge in [0.15, 0.2) is 0 Å². The van der Waals surface area contributed by atoms with Gasteiger partial charge in [-0.05, 0) is 50.2 Å². The third-order valence-electron chi connectivity index (χ3n) is 7.16. The van der Waals surface area contributed by atoms with Gasteiger partial charge in [-0.3, -0.25) is 19.2 Å². The highest BCUT2D eigenvalue weighted by atomic mass is 32.2. The van der Waals surface area contributed by atoms with Crippen LogP contribution in [0.1, 0.15) is 66.8 Å². The predicted molar refractivity (Wildman–Crippen MR) is 208 cm³/mol. The number of nitrogens with zero attached hydrogens (tertiary/aromatic N) is 1. The lowest BCUT2D eigenvalue weighted by atomic mass is 10.1. The zero-order valence-electron chi connectivity index (χ0n) is 31.5. The fourth-order valence-electron chi connectivity index (χ4n) is 4.70. The van der Waals surface area contributed by atoms with Gasteiger partial charge in [0.1, 0.15) is 0 Å². The number of nitrogens with one attached hydrogen (secondary N) is 4. The minimum absolute atomic E-state index is 0.00631. The Balaban J connectivity index is 0.00000235. The number of aromatic nitrogens is 1. The molecule has 0 aliphatic carbocycles. The number of anilines is 1. The first-order valence-corrected chi connectivity index (χ1v) is 19.7. The topological polar surface area (TPSA) is 166 Å². The monoisotopic (exact) mass is 779 g/mol. The Morgan fingerprint density at radius 3 is 1.94 bits per heavy atom. The third-order valence-corrected chi connectivity index (χ3v) is 9.15. The van der Waals surface area contributed by atoms with Gasteiger partial charge in [0.25, 0.3) is 11.8 Å². The Kier molecular flexibility index (Phi) is 22.5. The molecule has 53 heavy (non-hydrogen) atoms. The van der Waals surface area contributed by atoms with E-state index in [1.54, 1.807) is 36.0 Å². The van der Waals surface area contributed by atoms with Crippen molar-refractivity contribution in [2.75, 3.05) is 77.8 Å². The number of aryl methyl sites for hydroxylation is 1. The minimum Gasteiger partial charge on any atom is -0.378 e. The lowest BCUT2D eigenvalue weighted by Gasteiger charge is -2.18. The van der Waals surface area contributed by atoms with Crippen LogP contribution in [0.2, 0.25) is 0 Å². The van der Waals surface area contributed by atoms with E-state index in [1.165, 1.54) is 11.3 Å². The number of thiazole rings is 1. The number of carbonyl (C=O) groups is 4. The van der Waals surface area contributed by atoms with Gasteiger partial charge in [-0.25, -0.2) is 4.98 Å². The molecule has 13 nitrogen and oxygen atoms in total. The minimum atomic E-state index is -1.40. The second kappa shape index (κ2) is 26.2. The number of amides is 3. The van der Waals surface area contributed by atoms with Crippen LogP contribution in [0.4, 0.5) is 10.1 Å². The van der Waals surface area contributed by atoms with Crippen LogP contribution in [-0.4, -0.2) is 107 Å². The molecule has 0 spiro atoms. The Bertz CT molecular complexity index is 1580. The highest BCUT2D eigenvalue weighted by Gasteiger charge is 2.23. The first-order chi connectivity index (χ1) is 25.7. The summed E-state index contributed by atoms with van der Waals surface area (Å²) in [4.78, 5) is 54.8. The van der Waals surface area contributed by atoms with Gasteiger partial charge in [0.05, 0.1) is 85.8 Å². The second-order valence-corrected chi connectivity index (χ2v) is 13.6. The first-order valence-electron chi connectivity index (χ1n) is 18.0. The number of halogens is 1. The van der Waals surface area contributed by atoms with Crippen LogP contribution >= 0.6 is 23.1 Å². The molecule has 1 aliphatic heterocycles. The summed E-state index contributed by atoms with van der Waals surface area (Å²) < 4.78 is 34.3. The molecule has 1 aromatic heterocycles. The summed E-state index contributed by atoms with van der Waals surface area (Å²) in [6.07, 6.45) is -0.261. The van der Waals surface area contributed by atoms with Crippen LogP contribution in [0.15, 0.2) is 41.3 Å². The zero-order chi connectivity index (χ0) is 39.0. The number of hydrogen-bond acceptors (Lipinski definition) is 12. The highest BCUT2D eigenvalue weighted by molar-refractivity contribution is 8.00. The number of rotatable bonds is 22. The number of carbonyl (C=O) groups excluding carboxylic acids is 4. The fraction of sp³-hybridized carbons (Fsp3) is 0.541. The number of benzene rings is 2. The number of ether oxygens (including phenoxy) is 4. The summed E-state index contributed by atoms with van der Waals surface area (Å²) in [5.41, 5.74) is 2.74. The van der Waals surface area contributed by atoms with E-state index in [9.17, 15) is 23.6 Å². The predicted octanol–water partition coefficient (Wildman–Crippen LogP) is 5.37. The molecule has 0 saturated heterocycles. The van der Waals surface area contributed by atoms with E-state index in [2.05, 4.69) is 26.3 Å². The molecule has 0 bridgehead atoms. The van der Waals surface area contributed by atoms with Crippen LogP contribution in [0, 0.1) is 12.8 Å². The lowest BCUT2D eigenvalue weighted by Crippen LogP contribution is -2.45. The van der Waals surface area contributed by atoms with E-state index in [1.807, 2.05) is 53.7 Å². The molecule has 16 heteroatoms. The van der Waals surface area contributed by atoms with Gasteiger partial charge in [-0.1, -0.05) is 39.5 Å². The standard InChI is InChI=1S/C33H42FN5O8S2.2C2H6/c1-21-38-26-5-3-23(17-28(26)48-21)31(41)36-19-25(20-37-32(42)24-4-6-27-29(18-24)49-22(2)39-27)33(43)35-8-10-45-12-14-47-16-15-46-13-11-44-9-7-30(34)40;2*1-2/h3-6,17-18,21,25,38H,7-16,19-20H2,1-2H3,(H,35,43)(H,36,41)(H,37,42);2*1-2H3. The normalized spacial score (nSPS) is 13.4. The summed E-state index contributed by atoms with van der Waals surface area (Å²) in [6.45, 7) is 14.4. The van der Waals surface area contributed by atoms with Gasteiger partial charge in [-0.15, -0.1) is 11.3 Å². The SMILES string of the molecule is CC.CC.Cc1nc2ccc(C(=O)NCC(CNC(=O)c3ccc4c(c3)SC(C)N4)C(=O)NCCOCCOCCOCCOCCC(=O)F)cc2s1. The van der Waals surface area contributed by atoms with Crippen molar-refractivity contribution in [3.05, 3.63) is 52.5 Å². The molecule has 4 rings (SSSR count). The molecule has 0 saturated carbocycles. The maximum Gasteiger partial charge on any atom is 0.303 e. The smallest absolute Gasteiger partial charge is 0.303 e. The van der Waals surface area contributed by atoms with E-state index >= 15 is 0 Å². The van der Waals surface area contributed by atoms with Gasteiger partial charge in [-0.2, -0.15) is 4.39 Å². The second-order valence-electron chi connectivity index (χ2n) is 11.0. The molecule has 294 valence electrons. The quantitative estimate of drug-likeness (QED) is 0.0766. The van der Waals surface area contributed by atoms with Crippen molar-refractivity contribution in [2.45, 2.75) is 58.2 Å². The number of thioether (sulfide) groups is 1. The molecule has 2 atom stereocenters. The summed E-state index contributed by atoms with van der Waals surface area (Å²) in [5, 5.41) is 13.0. The van der Waals surface area contributed by atoms with Gasteiger partial charge in [0.2, 0.25) is 5.91 Å². The molecule has 1 aliphatic rings. The van der Waals surface area contributed by atoms with Crippen molar-refractivity contribution < 1.29 is 42.5 Å². The Morgan fingerprint density at radius 2 is 1.34 bits per heavy atom. The summed E-state index contributed by atoms with van der Waals surface area (Å²) >= 11 is 3.13. The lowest BCUT2D eigenvalue weighted by molar-refractivity contribution is -0.130. The summed E-state index contributed by atoms with van der Waals surface area (Å²) in [6, 6.07) is 9.30. The van der Waals surface area contributed by atoms with Crippen LogP contribution in [0.3, 0.4) is 0 Å². The summed E-state index contributed by atoms with van der Waals surface area (Å²) in [7, 11) is 0. The van der Waals surface area contributed by atoms with E-state index < -0.39 is 12.0 Å². The molecule has 4 N–H and O–H groups in total. The highest BCUT2D eigenvalue weighted by Crippen LogP contribution is 2.38. The maximum absolute atomic E-state index is 13.2. The molecular formula is C37H54FN5O8S2. The van der Waals surface area contributed by atoms with Gasteiger partial charge >= 0.3 is 6.04 Å². The largest absolute Gasteiger partial charge is 0.378 e. The van der Waals surface area contributed by atoms with Gasteiger partial charge in [0, 0.05) is 41.3 Å². The summed E-state index contributed by atoms with van der Waals surface area (Å²) in [5.74, 6) is -1.73. The van der Waals surface area contributed by atoms with Crippen molar-refractivity contribution in [2.24, 2.45) is 5.92 Å². The van der Waals surface area contributed by atoms with E-state index in [0.29, 0.717) is 44.2 Å². The first kappa shape index (κ1) is 45.5. The van der Waals surface area contributed by atoms with Crippen LogP contribution in [0.5, 0.6) is 0 Å². The molecule has 2 aromatic carbocycles. The van der Waals surface area contributed by atoms with Gasteiger partial charge < -0.3 is 40.2 Å². The fourth-order valence-corrected chi connectivity index (χ4v) is 6.58. The number of fused-ring (bicyclic) bond motifs is 2. The van der Waals surface area contributed by atoms with E-state index in [-0.39, 0.29) is 69.0 Å². The van der Waals surface area contributed by atoms with Crippen LogP contribution in [-0.2, 0) is 28.5 Å². The maximum atomic E-state index is 13.2.